The van der Waals surface area contributed by atoms with Gasteiger partial charge in [-0.3, -0.25) is 0 Å². The van der Waals surface area contributed by atoms with Gasteiger partial charge in [-0.1, -0.05) is 6.92 Å². The second-order valence-electron chi connectivity index (χ2n) is 4.91. The lowest BCUT2D eigenvalue weighted by Crippen LogP contribution is -2.43. The van der Waals surface area contributed by atoms with Gasteiger partial charge in [0.2, 0.25) is 0 Å². The number of benzene rings is 1. The Morgan fingerprint density at radius 3 is 3.06 bits per heavy atom. The predicted molar refractivity (Wildman–Crippen MR) is 78.3 cm³/mol. The lowest BCUT2D eigenvalue weighted by Gasteiger charge is -2.32. The smallest absolute Gasteiger partial charge is 0.135 e. The third kappa shape index (κ3) is 1.71. The van der Waals surface area contributed by atoms with E-state index in [0.717, 1.165) is 30.7 Å². The molecule has 1 aromatic heterocycles. The molecule has 0 radical (unpaired) electrons. The van der Waals surface area contributed by atoms with Gasteiger partial charge in [-0.2, -0.15) is 0 Å². The zero-order valence-corrected chi connectivity index (χ0v) is 12.3. The summed E-state index contributed by atoms with van der Waals surface area (Å²) in [6, 6.07) is 6.48. The van der Waals surface area contributed by atoms with Crippen molar-refractivity contribution in [2.45, 2.75) is 32.2 Å². The van der Waals surface area contributed by atoms with E-state index < -0.39 is 0 Å². The van der Waals surface area contributed by atoms with E-state index in [-0.39, 0.29) is 5.54 Å². The van der Waals surface area contributed by atoms with Crippen LogP contribution in [-0.4, -0.2) is 6.54 Å². The molecule has 3 heteroatoms. The van der Waals surface area contributed by atoms with E-state index >= 15 is 0 Å². The first kappa shape index (κ1) is 11.5. The van der Waals surface area contributed by atoms with Gasteiger partial charge in [0.15, 0.2) is 0 Å². The minimum Gasteiger partial charge on any atom is -0.459 e. The molecule has 0 fully saturated rings. The van der Waals surface area contributed by atoms with Crippen LogP contribution >= 0.6 is 22.6 Å². The average molecular weight is 341 g/mol. The average Bonchev–Trinajstić information content (AvgIpc) is 2.68. The molecule has 1 aliphatic heterocycles. The Morgan fingerprint density at radius 2 is 2.29 bits per heavy atom. The van der Waals surface area contributed by atoms with Crippen molar-refractivity contribution in [3.05, 3.63) is 33.1 Å². The molecule has 0 saturated carbocycles. The van der Waals surface area contributed by atoms with Crippen LogP contribution in [0.15, 0.2) is 22.6 Å². The van der Waals surface area contributed by atoms with Gasteiger partial charge in [0.05, 0.1) is 5.54 Å². The summed E-state index contributed by atoms with van der Waals surface area (Å²) in [6.07, 6.45) is 2.12. The highest BCUT2D eigenvalue weighted by Crippen LogP contribution is 2.38. The van der Waals surface area contributed by atoms with Crippen molar-refractivity contribution in [1.29, 1.82) is 0 Å². The van der Waals surface area contributed by atoms with E-state index in [1.54, 1.807) is 0 Å². The van der Waals surface area contributed by atoms with Crippen molar-refractivity contribution in [2.75, 3.05) is 6.54 Å². The monoisotopic (exact) mass is 341 g/mol. The lowest BCUT2D eigenvalue weighted by molar-refractivity contribution is 0.275. The molecule has 0 spiro atoms. The van der Waals surface area contributed by atoms with Crippen LogP contribution < -0.4 is 5.32 Å². The van der Waals surface area contributed by atoms with Crippen LogP contribution in [-0.2, 0) is 12.0 Å². The van der Waals surface area contributed by atoms with Crippen LogP contribution in [0.25, 0.3) is 11.0 Å². The number of furan rings is 1. The summed E-state index contributed by atoms with van der Waals surface area (Å²) in [5.74, 6) is 1.14. The van der Waals surface area contributed by atoms with Crippen LogP contribution in [0.1, 0.15) is 31.6 Å². The Bertz CT molecular complexity index is 575. The Morgan fingerprint density at radius 1 is 1.47 bits per heavy atom. The van der Waals surface area contributed by atoms with Crippen LogP contribution in [0.4, 0.5) is 0 Å². The maximum Gasteiger partial charge on any atom is 0.135 e. The summed E-state index contributed by atoms with van der Waals surface area (Å²) in [5, 5.41) is 4.87. The summed E-state index contributed by atoms with van der Waals surface area (Å²) in [5.41, 5.74) is 2.43. The molecular formula is C14H16INO. The summed E-state index contributed by atoms with van der Waals surface area (Å²) in [6.45, 7) is 5.48. The van der Waals surface area contributed by atoms with Gasteiger partial charge in [-0.25, -0.2) is 0 Å². The maximum atomic E-state index is 6.11. The molecule has 0 amide bonds. The molecule has 1 atom stereocenters. The van der Waals surface area contributed by atoms with Gasteiger partial charge in [0.1, 0.15) is 11.3 Å². The molecule has 0 saturated heterocycles. The van der Waals surface area contributed by atoms with Crippen molar-refractivity contribution in [2.24, 2.45) is 0 Å². The quantitative estimate of drug-likeness (QED) is 0.798. The van der Waals surface area contributed by atoms with Gasteiger partial charge < -0.3 is 9.73 Å². The highest BCUT2D eigenvalue weighted by Gasteiger charge is 2.34. The van der Waals surface area contributed by atoms with E-state index in [4.69, 9.17) is 4.42 Å². The van der Waals surface area contributed by atoms with Crippen LogP contribution in [0.5, 0.6) is 0 Å². The normalized spacial score (nSPS) is 23.9. The standard InChI is InChI=1S/C14H16INO/c1-3-14(2)13-11(6-7-16-14)10-5-4-9(15)8-12(10)17-13/h4-5,8,16H,3,6-7H2,1-2H3. The Balaban J connectivity index is 2.28. The molecule has 0 bridgehead atoms. The second-order valence-corrected chi connectivity index (χ2v) is 6.16. The summed E-state index contributed by atoms with van der Waals surface area (Å²) in [4.78, 5) is 0. The fraction of sp³-hybridized carbons (Fsp3) is 0.429. The predicted octanol–water partition coefficient (Wildman–Crippen LogP) is 3.81. The Kier molecular flexibility index (Phi) is 2.70. The molecule has 2 aromatic rings. The van der Waals surface area contributed by atoms with Gasteiger partial charge in [-0.15, -0.1) is 0 Å². The molecule has 1 aliphatic rings. The zero-order valence-electron chi connectivity index (χ0n) is 10.1. The fourth-order valence-electron chi connectivity index (χ4n) is 2.65. The minimum atomic E-state index is -0.00194. The Labute approximate surface area is 115 Å². The molecule has 1 aromatic carbocycles. The van der Waals surface area contributed by atoms with Gasteiger partial charge >= 0.3 is 0 Å². The number of rotatable bonds is 1. The number of fused-ring (bicyclic) bond motifs is 3. The number of nitrogens with one attached hydrogen (secondary N) is 1. The van der Waals surface area contributed by atoms with Crippen molar-refractivity contribution in [3.63, 3.8) is 0 Å². The van der Waals surface area contributed by atoms with Crippen LogP contribution in [0.3, 0.4) is 0 Å². The summed E-state index contributed by atoms with van der Waals surface area (Å²) < 4.78 is 7.34. The SMILES string of the molecule is CCC1(C)NCCc2c1oc1cc(I)ccc21. The molecule has 2 nitrogen and oxygen atoms in total. The molecule has 1 unspecified atom stereocenters. The van der Waals surface area contributed by atoms with Crippen molar-refractivity contribution >= 4 is 33.6 Å². The van der Waals surface area contributed by atoms with Gasteiger partial charge in [0.25, 0.3) is 0 Å². The fourth-order valence-corrected chi connectivity index (χ4v) is 3.11. The highest BCUT2D eigenvalue weighted by molar-refractivity contribution is 14.1. The summed E-state index contributed by atoms with van der Waals surface area (Å²) >= 11 is 2.33. The first-order valence-corrected chi connectivity index (χ1v) is 7.18. The number of hydrogen-bond donors (Lipinski definition) is 1. The van der Waals surface area contributed by atoms with Gasteiger partial charge in [0, 0.05) is 21.1 Å². The first-order chi connectivity index (χ1) is 8.14. The Hall–Kier alpha value is -0.550. The molecule has 0 aliphatic carbocycles. The van der Waals surface area contributed by atoms with E-state index in [2.05, 4.69) is 60.0 Å². The number of halogens is 1. The van der Waals surface area contributed by atoms with Crippen molar-refractivity contribution < 1.29 is 4.42 Å². The van der Waals surface area contributed by atoms with Crippen molar-refractivity contribution in [1.82, 2.24) is 5.32 Å². The molecular weight excluding hydrogens is 325 g/mol. The van der Waals surface area contributed by atoms with Crippen LogP contribution in [0, 0.1) is 3.57 Å². The topological polar surface area (TPSA) is 25.2 Å². The molecule has 2 heterocycles. The van der Waals surface area contributed by atoms with Crippen molar-refractivity contribution in [3.8, 4) is 0 Å². The first-order valence-electron chi connectivity index (χ1n) is 6.10. The zero-order chi connectivity index (χ0) is 12.0. The van der Waals surface area contributed by atoms with E-state index in [1.807, 2.05) is 0 Å². The highest BCUT2D eigenvalue weighted by atomic mass is 127. The molecule has 3 rings (SSSR count). The second kappa shape index (κ2) is 3.99. The molecule has 17 heavy (non-hydrogen) atoms. The summed E-state index contributed by atoms with van der Waals surface area (Å²) in [7, 11) is 0. The lowest BCUT2D eigenvalue weighted by atomic mass is 9.87. The van der Waals surface area contributed by atoms with E-state index in [1.165, 1.54) is 14.5 Å². The van der Waals surface area contributed by atoms with Gasteiger partial charge in [-0.05, 0) is 60.6 Å². The van der Waals surface area contributed by atoms with E-state index in [9.17, 15) is 0 Å². The number of hydrogen-bond acceptors (Lipinski definition) is 2. The minimum absolute atomic E-state index is 0.00194. The molecule has 90 valence electrons. The maximum absolute atomic E-state index is 6.11. The third-order valence-corrected chi connectivity index (χ3v) is 4.52. The molecule has 1 N–H and O–H groups in total. The van der Waals surface area contributed by atoms with Crippen LogP contribution in [0.2, 0.25) is 0 Å². The van der Waals surface area contributed by atoms with E-state index in [0.29, 0.717) is 0 Å². The third-order valence-electron chi connectivity index (χ3n) is 3.85. The largest absolute Gasteiger partial charge is 0.459 e.